The molecule has 1 aliphatic rings. The molecule has 1 atom stereocenters. The highest BCUT2D eigenvalue weighted by molar-refractivity contribution is 5.98. The molecule has 0 aromatic heterocycles. The van der Waals surface area contributed by atoms with E-state index in [2.05, 4.69) is 12.2 Å². The van der Waals surface area contributed by atoms with Crippen LogP contribution in [0.4, 0.5) is 5.69 Å². The van der Waals surface area contributed by atoms with Crippen molar-refractivity contribution in [2.24, 2.45) is 0 Å². The first-order valence-electron chi connectivity index (χ1n) is 15.1. The molecule has 1 saturated heterocycles. The number of hydrogen-bond acceptors (Lipinski definition) is 4. The van der Waals surface area contributed by atoms with Crippen molar-refractivity contribution in [3.05, 3.63) is 53.6 Å². The quantitative estimate of drug-likeness (QED) is 0.170. The minimum atomic E-state index is -0.910. The highest BCUT2D eigenvalue weighted by Crippen LogP contribution is 2.35. The van der Waals surface area contributed by atoms with Gasteiger partial charge in [-0.05, 0) is 29.7 Å². The third-order valence-corrected chi connectivity index (χ3v) is 7.57. The Morgan fingerprint density at radius 1 is 0.842 bits per heavy atom. The van der Waals surface area contributed by atoms with Crippen molar-refractivity contribution >= 4 is 11.7 Å². The molecule has 0 spiro atoms. The van der Waals surface area contributed by atoms with Gasteiger partial charge in [0.05, 0.1) is 18.3 Å². The summed E-state index contributed by atoms with van der Waals surface area (Å²) >= 11 is 0. The van der Waals surface area contributed by atoms with Crippen LogP contribution in [0.15, 0.2) is 42.5 Å². The van der Waals surface area contributed by atoms with Crippen LogP contribution in [-0.4, -0.2) is 37.1 Å². The molecule has 3 rings (SSSR count). The van der Waals surface area contributed by atoms with E-state index < -0.39 is 5.97 Å². The van der Waals surface area contributed by atoms with Gasteiger partial charge >= 0.3 is 5.97 Å². The maximum atomic E-state index is 12.1. The number of carboxylic acids is 1. The van der Waals surface area contributed by atoms with E-state index in [-0.39, 0.29) is 6.10 Å². The van der Waals surface area contributed by atoms with E-state index in [9.17, 15) is 9.90 Å². The first-order valence-corrected chi connectivity index (χ1v) is 15.1. The van der Waals surface area contributed by atoms with Gasteiger partial charge in [-0.2, -0.15) is 0 Å². The molecule has 1 fully saturated rings. The maximum absolute atomic E-state index is 12.1. The van der Waals surface area contributed by atoms with Crippen molar-refractivity contribution < 1.29 is 19.4 Å². The molecule has 0 saturated carbocycles. The molecule has 0 bridgehead atoms. The van der Waals surface area contributed by atoms with Crippen molar-refractivity contribution in [3.63, 3.8) is 0 Å². The predicted octanol–water partition coefficient (Wildman–Crippen LogP) is 8.86. The van der Waals surface area contributed by atoms with Crippen molar-refractivity contribution in [1.29, 1.82) is 0 Å². The number of carbonyl (C=O) groups is 1. The Labute approximate surface area is 230 Å². The van der Waals surface area contributed by atoms with Crippen molar-refractivity contribution in [3.8, 4) is 11.1 Å². The average molecular weight is 524 g/mol. The number of ether oxygens (including phenoxy) is 2. The summed E-state index contributed by atoms with van der Waals surface area (Å²) in [7, 11) is 0. The average Bonchev–Trinajstić information content (AvgIpc) is 3.45. The van der Waals surface area contributed by atoms with E-state index in [0.29, 0.717) is 25.4 Å². The van der Waals surface area contributed by atoms with E-state index >= 15 is 0 Å². The fourth-order valence-corrected chi connectivity index (χ4v) is 5.40. The van der Waals surface area contributed by atoms with Crippen LogP contribution in [0, 0.1) is 0 Å². The first kappa shape index (κ1) is 30.2. The molecule has 210 valence electrons. The zero-order valence-electron chi connectivity index (χ0n) is 23.5. The summed E-state index contributed by atoms with van der Waals surface area (Å²) in [4.78, 5) is 12.1. The molecule has 2 aromatic carbocycles. The Morgan fingerprint density at radius 3 is 2.00 bits per heavy atom. The van der Waals surface area contributed by atoms with Crippen LogP contribution < -0.4 is 5.32 Å². The lowest BCUT2D eigenvalue weighted by Crippen LogP contribution is -2.17. The fraction of sp³-hybridized carbons (Fsp3) is 0.606. The molecule has 1 unspecified atom stereocenters. The molecule has 2 N–H and O–H groups in total. The Bertz CT molecular complexity index is 924. The number of benzene rings is 2. The van der Waals surface area contributed by atoms with Crippen LogP contribution in [0.25, 0.3) is 11.1 Å². The molecule has 2 aromatic rings. The highest BCUT2D eigenvalue weighted by Gasteiger charge is 2.24. The van der Waals surface area contributed by atoms with E-state index in [1.54, 1.807) is 6.07 Å². The molecule has 5 nitrogen and oxygen atoms in total. The number of aromatic carboxylic acids is 1. The first-order chi connectivity index (χ1) is 18.7. The molecule has 1 aliphatic heterocycles. The number of hydrogen-bond donors (Lipinski definition) is 2. The third-order valence-electron chi connectivity index (χ3n) is 7.57. The monoisotopic (exact) mass is 523 g/mol. The molecule has 5 heteroatoms. The highest BCUT2D eigenvalue weighted by atomic mass is 16.7. The molecular weight excluding hydrogens is 474 g/mol. The topological polar surface area (TPSA) is 67.8 Å². The van der Waals surface area contributed by atoms with Crippen LogP contribution in [0.1, 0.15) is 113 Å². The number of carboxylic acid groups (broad SMARTS) is 1. The predicted molar refractivity (Wildman–Crippen MR) is 157 cm³/mol. The Morgan fingerprint density at radius 2 is 1.45 bits per heavy atom. The second-order valence-corrected chi connectivity index (χ2v) is 10.7. The number of unbranched alkanes of at least 4 members (excludes halogenated alkanes) is 13. The number of anilines is 1. The second kappa shape index (κ2) is 18.0. The van der Waals surface area contributed by atoms with Crippen LogP contribution in [0.5, 0.6) is 0 Å². The van der Waals surface area contributed by atoms with E-state index in [0.717, 1.165) is 35.3 Å². The minimum absolute atomic E-state index is 0.0666. The van der Waals surface area contributed by atoms with Gasteiger partial charge in [-0.3, -0.25) is 0 Å². The zero-order chi connectivity index (χ0) is 26.8. The summed E-state index contributed by atoms with van der Waals surface area (Å²) in [6.45, 7) is 3.99. The Kier molecular flexibility index (Phi) is 14.3. The normalized spacial score (nSPS) is 15.1. The van der Waals surface area contributed by atoms with Gasteiger partial charge in [0, 0.05) is 24.2 Å². The van der Waals surface area contributed by atoms with Crippen LogP contribution >= 0.6 is 0 Å². The summed E-state index contributed by atoms with van der Waals surface area (Å²) in [5.74, 6) is -0.910. The summed E-state index contributed by atoms with van der Waals surface area (Å²) in [5, 5.41) is 13.6. The lowest BCUT2D eigenvalue weighted by atomic mass is 9.90. The Hall–Kier alpha value is -2.37. The summed E-state index contributed by atoms with van der Waals surface area (Å²) in [6, 6.07) is 13.5. The van der Waals surface area contributed by atoms with Crippen molar-refractivity contribution in [2.45, 2.75) is 109 Å². The lowest BCUT2D eigenvalue weighted by molar-refractivity contribution is 0.0470. The smallest absolute Gasteiger partial charge is 0.336 e. The van der Waals surface area contributed by atoms with Gasteiger partial charge in [-0.15, -0.1) is 0 Å². The fourth-order valence-electron chi connectivity index (χ4n) is 5.40. The molecule has 0 amide bonds. The van der Waals surface area contributed by atoms with Gasteiger partial charge < -0.3 is 19.9 Å². The van der Waals surface area contributed by atoms with Gasteiger partial charge in [0.25, 0.3) is 0 Å². The molecule has 0 radical (unpaired) electrons. The number of nitrogens with one attached hydrogen (secondary N) is 1. The van der Waals surface area contributed by atoms with E-state index in [1.165, 1.54) is 83.5 Å². The summed E-state index contributed by atoms with van der Waals surface area (Å²) in [6.07, 6.45) is 19.4. The Balaban J connectivity index is 1.44. The van der Waals surface area contributed by atoms with Gasteiger partial charge in [-0.1, -0.05) is 121 Å². The largest absolute Gasteiger partial charge is 0.478 e. The van der Waals surface area contributed by atoms with E-state index in [4.69, 9.17) is 9.47 Å². The van der Waals surface area contributed by atoms with Crippen LogP contribution in [0.2, 0.25) is 0 Å². The SMILES string of the molecule is CCCCCCCCCCCCCCCCNc1ccc(C(=O)O)c(-c2ccccc2)c1CC1COCO1. The molecule has 0 aliphatic carbocycles. The van der Waals surface area contributed by atoms with Gasteiger partial charge in [0.1, 0.15) is 6.79 Å². The zero-order valence-corrected chi connectivity index (χ0v) is 23.5. The molecular formula is C33H49NO4. The summed E-state index contributed by atoms with van der Waals surface area (Å²) < 4.78 is 11.2. The van der Waals surface area contributed by atoms with Crippen molar-refractivity contribution in [2.75, 3.05) is 25.3 Å². The van der Waals surface area contributed by atoms with E-state index in [1.807, 2.05) is 36.4 Å². The van der Waals surface area contributed by atoms with Crippen LogP contribution in [-0.2, 0) is 15.9 Å². The molecule has 1 heterocycles. The summed E-state index contributed by atoms with van der Waals surface area (Å²) in [5.41, 5.74) is 4.02. The molecule has 38 heavy (non-hydrogen) atoms. The maximum Gasteiger partial charge on any atom is 0.336 e. The minimum Gasteiger partial charge on any atom is -0.478 e. The lowest BCUT2D eigenvalue weighted by Gasteiger charge is -2.20. The van der Waals surface area contributed by atoms with Gasteiger partial charge in [-0.25, -0.2) is 4.79 Å². The second-order valence-electron chi connectivity index (χ2n) is 10.7. The van der Waals surface area contributed by atoms with Gasteiger partial charge in [0.15, 0.2) is 0 Å². The third kappa shape index (κ3) is 10.4. The van der Waals surface area contributed by atoms with Crippen LogP contribution in [0.3, 0.4) is 0 Å². The standard InChI is InChI=1S/C33H49NO4/c1-2-3-4-5-6-7-8-9-10-11-12-13-14-18-23-34-31-22-21-29(33(35)36)32(27-19-16-15-17-20-27)30(31)24-28-25-37-26-38-28/h15-17,19-22,28,34H,2-14,18,23-26H2,1H3,(H,35,36). The van der Waals surface area contributed by atoms with Gasteiger partial charge in [0.2, 0.25) is 0 Å². The number of rotatable bonds is 20. The van der Waals surface area contributed by atoms with Crippen molar-refractivity contribution in [1.82, 2.24) is 0 Å².